The molecule has 1 aliphatic rings. The molecule has 0 aliphatic carbocycles. The van der Waals surface area contributed by atoms with E-state index in [0.29, 0.717) is 19.1 Å². The molecular formula is C20H33N3O3. The van der Waals surface area contributed by atoms with E-state index in [4.69, 9.17) is 14.2 Å². The van der Waals surface area contributed by atoms with Crippen molar-refractivity contribution in [1.82, 2.24) is 10.6 Å². The molecule has 1 atom stereocenters. The Hall–Kier alpha value is -1.79. The van der Waals surface area contributed by atoms with Crippen LogP contribution >= 0.6 is 0 Å². The van der Waals surface area contributed by atoms with Crippen molar-refractivity contribution in [2.45, 2.75) is 38.7 Å². The summed E-state index contributed by atoms with van der Waals surface area (Å²) < 4.78 is 16.8. The van der Waals surface area contributed by atoms with E-state index in [2.05, 4.69) is 41.6 Å². The van der Waals surface area contributed by atoms with Crippen molar-refractivity contribution in [3.05, 3.63) is 29.8 Å². The summed E-state index contributed by atoms with van der Waals surface area (Å²) in [6.45, 7) is 8.79. The minimum atomic E-state index is 0.277. The molecule has 26 heavy (non-hydrogen) atoms. The fraction of sp³-hybridized carbons (Fsp3) is 0.650. The highest BCUT2D eigenvalue weighted by atomic mass is 16.5. The SMILES string of the molecule is CN=C(NCCCOC1CCOC1)NCCOc1ccc(C(C)C)cc1. The molecule has 2 rings (SSSR count). The smallest absolute Gasteiger partial charge is 0.191 e. The van der Waals surface area contributed by atoms with Crippen molar-refractivity contribution in [2.75, 3.05) is 46.6 Å². The molecule has 1 aromatic carbocycles. The highest BCUT2D eigenvalue weighted by molar-refractivity contribution is 5.79. The quantitative estimate of drug-likeness (QED) is 0.380. The van der Waals surface area contributed by atoms with Gasteiger partial charge in [0.15, 0.2) is 5.96 Å². The van der Waals surface area contributed by atoms with Crippen molar-refractivity contribution < 1.29 is 14.2 Å². The maximum Gasteiger partial charge on any atom is 0.191 e. The summed E-state index contributed by atoms with van der Waals surface area (Å²) in [5.74, 6) is 2.22. The van der Waals surface area contributed by atoms with Gasteiger partial charge in [-0.15, -0.1) is 0 Å². The van der Waals surface area contributed by atoms with E-state index in [-0.39, 0.29) is 6.10 Å². The van der Waals surface area contributed by atoms with Crippen LogP contribution in [0.3, 0.4) is 0 Å². The molecule has 1 saturated heterocycles. The number of nitrogens with zero attached hydrogens (tertiary/aromatic N) is 1. The first-order valence-electron chi connectivity index (χ1n) is 9.55. The van der Waals surface area contributed by atoms with E-state index in [0.717, 1.165) is 50.9 Å². The molecule has 6 nitrogen and oxygen atoms in total. The fourth-order valence-corrected chi connectivity index (χ4v) is 2.68. The van der Waals surface area contributed by atoms with Crippen molar-refractivity contribution in [3.63, 3.8) is 0 Å². The number of nitrogens with one attached hydrogen (secondary N) is 2. The topological polar surface area (TPSA) is 64.1 Å². The van der Waals surface area contributed by atoms with E-state index in [1.807, 2.05) is 12.1 Å². The van der Waals surface area contributed by atoms with E-state index >= 15 is 0 Å². The lowest BCUT2D eigenvalue weighted by molar-refractivity contribution is 0.0420. The van der Waals surface area contributed by atoms with Gasteiger partial charge < -0.3 is 24.8 Å². The average molecular weight is 364 g/mol. The molecule has 146 valence electrons. The predicted molar refractivity (Wildman–Crippen MR) is 105 cm³/mol. The molecule has 1 aliphatic heterocycles. The molecule has 2 N–H and O–H groups in total. The number of guanidine groups is 1. The van der Waals surface area contributed by atoms with Crippen LogP contribution in [0.1, 0.15) is 38.2 Å². The van der Waals surface area contributed by atoms with Crippen LogP contribution in [0, 0.1) is 0 Å². The lowest BCUT2D eigenvalue weighted by Crippen LogP contribution is -2.40. The number of ether oxygens (including phenoxy) is 3. The monoisotopic (exact) mass is 363 g/mol. The van der Waals surface area contributed by atoms with Crippen LogP contribution in [0.4, 0.5) is 0 Å². The second-order valence-electron chi connectivity index (χ2n) is 6.71. The molecule has 0 amide bonds. The molecule has 0 bridgehead atoms. The van der Waals surface area contributed by atoms with Gasteiger partial charge in [-0.05, 0) is 36.5 Å². The Kier molecular flexibility index (Phi) is 9.28. The summed E-state index contributed by atoms with van der Waals surface area (Å²) in [6, 6.07) is 8.29. The highest BCUT2D eigenvalue weighted by Crippen LogP contribution is 2.18. The van der Waals surface area contributed by atoms with Crippen LogP contribution in [0.2, 0.25) is 0 Å². The van der Waals surface area contributed by atoms with E-state index in [1.54, 1.807) is 7.05 Å². The second-order valence-corrected chi connectivity index (χ2v) is 6.71. The van der Waals surface area contributed by atoms with Crippen molar-refractivity contribution in [2.24, 2.45) is 4.99 Å². The number of hydrogen-bond acceptors (Lipinski definition) is 4. The minimum absolute atomic E-state index is 0.277. The maximum absolute atomic E-state index is 5.76. The molecule has 0 radical (unpaired) electrons. The average Bonchev–Trinajstić information content (AvgIpc) is 3.17. The van der Waals surface area contributed by atoms with Crippen LogP contribution in [-0.2, 0) is 9.47 Å². The van der Waals surface area contributed by atoms with Crippen LogP contribution in [0.25, 0.3) is 0 Å². The Morgan fingerprint density at radius 3 is 2.62 bits per heavy atom. The molecule has 6 heteroatoms. The summed E-state index contributed by atoms with van der Waals surface area (Å²) in [6.07, 6.45) is 2.23. The second kappa shape index (κ2) is 11.8. The molecule has 1 heterocycles. The lowest BCUT2D eigenvalue weighted by atomic mass is 10.0. The van der Waals surface area contributed by atoms with E-state index in [9.17, 15) is 0 Å². The molecular weight excluding hydrogens is 330 g/mol. The summed E-state index contributed by atoms with van der Waals surface area (Å²) in [5, 5.41) is 6.54. The van der Waals surface area contributed by atoms with Gasteiger partial charge in [-0.1, -0.05) is 26.0 Å². The zero-order valence-electron chi connectivity index (χ0n) is 16.3. The molecule has 0 spiro atoms. The Morgan fingerprint density at radius 2 is 1.96 bits per heavy atom. The van der Waals surface area contributed by atoms with Crippen molar-refractivity contribution in [1.29, 1.82) is 0 Å². The summed E-state index contributed by atoms with van der Waals surface area (Å²) in [5.41, 5.74) is 1.32. The van der Waals surface area contributed by atoms with Crippen molar-refractivity contribution >= 4 is 5.96 Å². The molecule has 0 aromatic heterocycles. The van der Waals surface area contributed by atoms with Crippen LogP contribution in [-0.4, -0.2) is 58.6 Å². The van der Waals surface area contributed by atoms with Crippen LogP contribution in [0.5, 0.6) is 5.75 Å². The van der Waals surface area contributed by atoms with Gasteiger partial charge in [0.05, 0.1) is 19.3 Å². The van der Waals surface area contributed by atoms with Gasteiger partial charge >= 0.3 is 0 Å². The fourth-order valence-electron chi connectivity index (χ4n) is 2.68. The third-order valence-corrected chi connectivity index (χ3v) is 4.29. The van der Waals surface area contributed by atoms with Gasteiger partial charge in [-0.3, -0.25) is 4.99 Å². The Balaban J connectivity index is 1.52. The first-order valence-corrected chi connectivity index (χ1v) is 9.55. The lowest BCUT2D eigenvalue weighted by Gasteiger charge is -2.14. The largest absolute Gasteiger partial charge is 0.492 e. The molecule has 1 aromatic rings. The van der Waals surface area contributed by atoms with Gasteiger partial charge in [0.2, 0.25) is 0 Å². The standard InChI is InChI=1S/C20H33N3O3/c1-16(2)17-5-7-18(8-6-17)26-14-11-23-20(21-3)22-10-4-12-25-19-9-13-24-15-19/h5-8,16,19H,4,9-15H2,1-3H3,(H2,21,22,23). The third-order valence-electron chi connectivity index (χ3n) is 4.29. The van der Waals surface area contributed by atoms with Gasteiger partial charge in [0.25, 0.3) is 0 Å². The molecule has 1 unspecified atom stereocenters. The van der Waals surface area contributed by atoms with Gasteiger partial charge in [0.1, 0.15) is 12.4 Å². The molecule has 0 saturated carbocycles. The van der Waals surface area contributed by atoms with Gasteiger partial charge in [-0.2, -0.15) is 0 Å². The number of hydrogen-bond donors (Lipinski definition) is 2. The first-order chi connectivity index (χ1) is 12.7. The zero-order chi connectivity index (χ0) is 18.6. The highest BCUT2D eigenvalue weighted by Gasteiger charge is 2.15. The van der Waals surface area contributed by atoms with Gasteiger partial charge in [-0.25, -0.2) is 0 Å². The Labute approximate surface area is 157 Å². The van der Waals surface area contributed by atoms with Gasteiger partial charge in [0, 0.05) is 26.8 Å². The number of aliphatic imine (C=N–C) groups is 1. The zero-order valence-corrected chi connectivity index (χ0v) is 16.3. The minimum Gasteiger partial charge on any atom is -0.492 e. The first kappa shape index (κ1) is 20.5. The molecule has 1 fully saturated rings. The predicted octanol–water partition coefficient (Wildman–Crippen LogP) is 2.55. The van der Waals surface area contributed by atoms with Crippen molar-refractivity contribution in [3.8, 4) is 5.75 Å². The Bertz CT molecular complexity index is 526. The van der Waals surface area contributed by atoms with E-state index in [1.165, 1.54) is 5.56 Å². The van der Waals surface area contributed by atoms with E-state index < -0.39 is 0 Å². The normalized spacial score (nSPS) is 17.5. The van der Waals surface area contributed by atoms with Crippen LogP contribution in [0.15, 0.2) is 29.3 Å². The number of benzene rings is 1. The summed E-state index contributed by atoms with van der Waals surface area (Å²) in [7, 11) is 1.77. The number of rotatable bonds is 10. The summed E-state index contributed by atoms with van der Waals surface area (Å²) in [4.78, 5) is 4.22. The Morgan fingerprint density at radius 1 is 1.19 bits per heavy atom. The maximum atomic E-state index is 5.76. The summed E-state index contributed by atoms with van der Waals surface area (Å²) >= 11 is 0. The third kappa shape index (κ3) is 7.62. The van der Waals surface area contributed by atoms with Crippen LogP contribution < -0.4 is 15.4 Å².